The molecule has 3 heteroatoms. The molecule has 1 heterocycles. The SMILES string of the molecule is OCCOC[C@@H]1Cc2ccccc2CN1. The summed E-state index contributed by atoms with van der Waals surface area (Å²) >= 11 is 0. The summed E-state index contributed by atoms with van der Waals surface area (Å²) in [5.41, 5.74) is 2.80. The molecule has 3 nitrogen and oxygen atoms in total. The lowest BCUT2D eigenvalue weighted by molar-refractivity contribution is 0.0751. The molecule has 15 heavy (non-hydrogen) atoms. The Morgan fingerprint density at radius 3 is 2.93 bits per heavy atom. The summed E-state index contributed by atoms with van der Waals surface area (Å²) in [6, 6.07) is 8.87. The Hall–Kier alpha value is -0.900. The first-order chi connectivity index (χ1) is 7.40. The van der Waals surface area contributed by atoms with Crippen LogP contribution < -0.4 is 5.32 Å². The van der Waals surface area contributed by atoms with Crippen molar-refractivity contribution in [2.24, 2.45) is 0 Å². The molecule has 0 saturated heterocycles. The molecule has 82 valence electrons. The molecular formula is C12H17NO2. The van der Waals surface area contributed by atoms with Gasteiger partial charge in [-0.05, 0) is 17.5 Å². The van der Waals surface area contributed by atoms with Gasteiger partial charge < -0.3 is 15.2 Å². The highest BCUT2D eigenvalue weighted by Gasteiger charge is 2.16. The number of hydrogen-bond acceptors (Lipinski definition) is 3. The Morgan fingerprint density at radius 1 is 1.33 bits per heavy atom. The van der Waals surface area contributed by atoms with Crippen LogP contribution in [0.25, 0.3) is 0 Å². The minimum absolute atomic E-state index is 0.101. The van der Waals surface area contributed by atoms with Crippen LogP contribution in [0.4, 0.5) is 0 Å². The molecule has 0 amide bonds. The maximum atomic E-state index is 8.61. The highest BCUT2D eigenvalue weighted by atomic mass is 16.5. The molecule has 0 bridgehead atoms. The standard InChI is InChI=1S/C12H17NO2/c14-5-6-15-9-12-7-10-3-1-2-4-11(10)8-13-12/h1-4,12-14H,5-9H2/t12-/m0/s1. The van der Waals surface area contributed by atoms with Gasteiger partial charge in [-0.1, -0.05) is 24.3 Å². The number of fused-ring (bicyclic) bond motifs is 1. The van der Waals surface area contributed by atoms with Gasteiger partial charge in [0.15, 0.2) is 0 Å². The number of hydrogen-bond donors (Lipinski definition) is 2. The molecule has 0 aromatic heterocycles. The quantitative estimate of drug-likeness (QED) is 0.714. The number of aliphatic hydroxyl groups is 1. The molecule has 0 spiro atoms. The zero-order chi connectivity index (χ0) is 10.5. The van der Waals surface area contributed by atoms with Gasteiger partial charge in [-0.2, -0.15) is 0 Å². The lowest BCUT2D eigenvalue weighted by atomic mass is 9.96. The Balaban J connectivity index is 1.88. The van der Waals surface area contributed by atoms with Gasteiger partial charge in [0.05, 0.1) is 19.8 Å². The monoisotopic (exact) mass is 207 g/mol. The average Bonchev–Trinajstić information content (AvgIpc) is 2.29. The summed E-state index contributed by atoms with van der Waals surface area (Å²) in [6.07, 6.45) is 1.02. The molecule has 2 N–H and O–H groups in total. The maximum Gasteiger partial charge on any atom is 0.0698 e. The molecule has 1 aliphatic heterocycles. The fourth-order valence-electron chi connectivity index (χ4n) is 1.93. The number of aliphatic hydroxyl groups excluding tert-OH is 1. The van der Waals surface area contributed by atoms with Crippen molar-refractivity contribution in [2.75, 3.05) is 19.8 Å². The van der Waals surface area contributed by atoms with Crippen molar-refractivity contribution in [3.05, 3.63) is 35.4 Å². The molecule has 0 unspecified atom stereocenters. The van der Waals surface area contributed by atoms with Gasteiger partial charge in [-0.15, -0.1) is 0 Å². The number of ether oxygens (including phenoxy) is 1. The van der Waals surface area contributed by atoms with Crippen LogP contribution in [0.15, 0.2) is 24.3 Å². The Labute approximate surface area is 90.1 Å². The van der Waals surface area contributed by atoms with Crippen LogP contribution in [0.2, 0.25) is 0 Å². The predicted octanol–water partition coefficient (Wildman–Crippen LogP) is 0.710. The second-order valence-corrected chi connectivity index (χ2v) is 3.85. The molecule has 1 aromatic rings. The second-order valence-electron chi connectivity index (χ2n) is 3.85. The summed E-state index contributed by atoms with van der Waals surface area (Å²) in [4.78, 5) is 0. The van der Waals surface area contributed by atoms with Gasteiger partial charge in [-0.25, -0.2) is 0 Å². The van der Waals surface area contributed by atoms with E-state index in [2.05, 4.69) is 29.6 Å². The zero-order valence-corrected chi connectivity index (χ0v) is 8.78. The van der Waals surface area contributed by atoms with Crippen LogP contribution >= 0.6 is 0 Å². The molecule has 1 atom stereocenters. The summed E-state index contributed by atoms with van der Waals surface area (Å²) in [7, 11) is 0. The minimum Gasteiger partial charge on any atom is -0.394 e. The number of benzene rings is 1. The fourth-order valence-corrected chi connectivity index (χ4v) is 1.93. The summed E-state index contributed by atoms with van der Waals surface area (Å²) in [6.45, 7) is 2.13. The van der Waals surface area contributed by atoms with E-state index in [1.54, 1.807) is 0 Å². The normalized spacial score (nSPS) is 19.9. The van der Waals surface area contributed by atoms with E-state index >= 15 is 0 Å². The van der Waals surface area contributed by atoms with Gasteiger partial charge in [-0.3, -0.25) is 0 Å². The molecule has 0 radical (unpaired) electrons. The van der Waals surface area contributed by atoms with Crippen molar-refractivity contribution in [2.45, 2.75) is 19.0 Å². The van der Waals surface area contributed by atoms with Crippen LogP contribution in [-0.2, 0) is 17.7 Å². The van der Waals surface area contributed by atoms with Gasteiger partial charge in [0.1, 0.15) is 0 Å². The highest BCUT2D eigenvalue weighted by Crippen LogP contribution is 2.16. The van der Waals surface area contributed by atoms with Crippen molar-refractivity contribution in [3.63, 3.8) is 0 Å². The van der Waals surface area contributed by atoms with E-state index in [1.807, 2.05) is 0 Å². The first kappa shape index (κ1) is 10.6. The van der Waals surface area contributed by atoms with Crippen LogP contribution in [0.5, 0.6) is 0 Å². The maximum absolute atomic E-state index is 8.61. The van der Waals surface area contributed by atoms with Gasteiger partial charge in [0.25, 0.3) is 0 Å². The van der Waals surface area contributed by atoms with Crippen molar-refractivity contribution in [1.82, 2.24) is 5.32 Å². The summed E-state index contributed by atoms with van der Waals surface area (Å²) < 4.78 is 5.32. The smallest absolute Gasteiger partial charge is 0.0698 e. The molecule has 1 aromatic carbocycles. The van der Waals surface area contributed by atoms with E-state index in [0.29, 0.717) is 19.3 Å². The van der Waals surface area contributed by atoms with Gasteiger partial charge >= 0.3 is 0 Å². The molecule has 2 rings (SSSR count). The van der Waals surface area contributed by atoms with E-state index in [9.17, 15) is 0 Å². The first-order valence-corrected chi connectivity index (χ1v) is 5.39. The average molecular weight is 207 g/mol. The van der Waals surface area contributed by atoms with Crippen LogP contribution in [-0.4, -0.2) is 31.0 Å². The van der Waals surface area contributed by atoms with Crippen LogP contribution in [0.3, 0.4) is 0 Å². The van der Waals surface area contributed by atoms with Gasteiger partial charge in [0.2, 0.25) is 0 Å². The van der Waals surface area contributed by atoms with Crippen molar-refractivity contribution >= 4 is 0 Å². The van der Waals surface area contributed by atoms with E-state index in [1.165, 1.54) is 11.1 Å². The molecule has 0 fully saturated rings. The van der Waals surface area contributed by atoms with E-state index in [-0.39, 0.29) is 6.61 Å². The molecule has 0 saturated carbocycles. The number of nitrogens with one attached hydrogen (secondary N) is 1. The Kier molecular flexibility index (Phi) is 3.72. The molecular weight excluding hydrogens is 190 g/mol. The van der Waals surface area contributed by atoms with E-state index < -0.39 is 0 Å². The summed E-state index contributed by atoms with van der Waals surface area (Å²) in [5.74, 6) is 0. The Bertz CT molecular complexity index is 314. The third kappa shape index (κ3) is 2.78. The van der Waals surface area contributed by atoms with Crippen molar-refractivity contribution in [1.29, 1.82) is 0 Å². The third-order valence-electron chi connectivity index (χ3n) is 2.72. The highest BCUT2D eigenvalue weighted by molar-refractivity contribution is 5.29. The van der Waals surface area contributed by atoms with Crippen LogP contribution in [0.1, 0.15) is 11.1 Å². The topological polar surface area (TPSA) is 41.5 Å². The first-order valence-electron chi connectivity index (χ1n) is 5.39. The van der Waals surface area contributed by atoms with Crippen molar-refractivity contribution < 1.29 is 9.84 Å². The minimum atomic E-state index is 0.101. The summed E-state index contributed by atoms with van der Waals surface area (Å²) in [5, 5.41) is 12.0. The fraction of sp³-hybridized carbons (Fsp3) is 0.500. The predicted molar refractivity (Wildman–Crippen MR) is 58.7 cm³/mol. The molecule has 0 aliphatic carbocycles. The lowest BCUT2D eigenvalue weighted by Gasteiger charge is -2.25. The largest absolute Gasteiger partial charge is 0.394 e. The van der Waals surface area contributed by atoms with E-state index in [4.69, 9.17) is 9.84 Å². The van der Waals surface area contributed by atoms with E-state index in [0.717, 1.165) is 13.0 Å². The third-order valence-corrected chi connectivity index (χ3v) is 2.72. The lowest BCUT2D eigenvalue weighted by Crippen LogP contribution is -2.39. The van der Waals surface area contributed by atoms with Crippen LogP contribution in [0, 0.1) is 0 Å². The van der Waals surface area contributed by atoms with Gasteiger partial charge in [0, 0.05) is 12.6 Å². The molecule has 1 aliphatic rings. The number of rotatable bonds is 4. The van der Waals surface area contributed by atoms with Crippen molar-refractivity contribution in [3.8, 4) is 0 Å². The second kappa shape index (κ2) is 5.26. The Morgan fingerprint density at radius 2 is 2.13 bits per heavy atom. The zero-order valence-electron chi connectivity index (χ0n) is 8.78.